The SMILES string of the molecule is CCCc1c(C(=O)OCC)c2c(n1CC)C(=O)c1ccccc1C2=O. The summed E-state index contributed by atoms with van der Waals surface area (Å²) in [4.78, 5) is 38.8. The molecule has 0 spiro atoms. The highest BCUT2D eigenvalue weighted by Gasteiger charge is 2.39. The first kappa shape index (κ1) is 17.1. The van der Waals surface area contributed by atoms with Crippen LogP contribution in [0.4, 0.5) is 0 Å². The number of rotatable bonds is 5. The van der Waals surface area contributed by atoms with Gasteiger partial charge in [-0.2, -0.15) is 0 Å². The molecular weight excluding hydrogens is 318 g/mol. The van der Waals surface area contributed by atoms with Crippen LogP contribution in [0.3, 0.4) is 0 Å². The maximum absolute atomic E-state index is 13.1. The first-order valence-corrected chi connectivity index (χ1v) is 8.67. The summed E-state index contributed by atoms with van der Waals surface area (Å²) in [6.07, 6.45) is 1.40. The molecule has 0 aliphatic heterocycles. The molecule has 25 heavy (non-hydrogen) atoms. The molecule has 5 nitrogen and oxygen atoms in total. The molecule has 0 saturated heterocycles. The summed E-state index contributed by atoms with van der Waals surface area (Å²) in [5.74, 6) is -1.02. The summed E-state index contributed by atoms with van der Waals surface area (Å²) in [6, 6.07) is 6.77. The molecule has 0 saturated carbocycles. The summed E-state index contributed by atoms with van der Waals surface area (Å²) >= 11 is 0. The lowest BCUT2D eigenvalue weighted by molar-refractivity contribution is 0.0522. The number of esters is 1. The van der Waals surface area contributed by atoms with E-state index in [1.54, 1.807) is 35.8 Å². The Morgan fingerprint density at radius 3 is 2.24 bits per heavy atom. The highest BCUT2D eigenvalue weighted by Crippen LogP contribution is 2.34. The molecule has 2 aromatic rings. The third kappa shape index (κ3) is 2.51. The number of benzene rings is 1. The fourth-order valence-electron chi connectivity index (χ4n) is 3.53. The van der Waals surface area contributed by atoms with Crippen molar-refractivity contribution in [2.75, 3.05) is 6.61 Å². The first-order chi connectivity index (χ1) is 12.1. The summed E-state index contributed by atoms with van der Waals surface area (Å²) < 4.78 is 7.00. The second kappa shape index (κ2) is 6.67. The molecule has 0 fully saturated rings. The van der Waals surface area contributed by atoms with E-state index in [9.17, 15) is 14.4 Å². The zero-order chi connectivity index (χ0) is 18.1. The minimum Gasteiger partial charge on any atom is -0.462 e. The van der Waals surface area contributed by atoms with E-state index in [2.05, 4.69) is 0 Å². The molecule has 0 amide bonds. The van der Waals surface area contributed by atoms with Gasteiger partial charge in [-0.1, -0.05) is 37.6 Å². The van der Waals surface area contributed by atoms with Crippen LogP contribution in [0.15, 0.2) is 24.3 Å². The van der Waals surface area contributed by atoms with Gasteiger partial charge in [-0.3, -0.25) is 9.59 Å². The van der Waals surface area contributed by atoms with Gasteiger partial charge >= 0.3 is 5.97 Å². The van der Waals surface area contributed by atoms with Gasteiger partial charge in [-0.25, -0.2) is 4.79 Å². The van der Waals surface area contributed by atoms with Crippen molar-refractivity contribution < 1.29 is 19.1 Å². The minimum absolute atomic E-state index is 0.201. The van der Waals surface area contributed by atoms with Crippen LogP contribution in [0.2, 0.25) is 0 Å². The van der Waals surface area contributed by atoms with Crippen LogP contribution in [0.25, 0.3) is 0 Å². The normalized spacial score (nSPS) is 12.8. The third-order valence-corrected chi connectivity index (χ3v) is 4.51. The predicted octanol–water partition coefficient (Wildman–Crippen LogP) is 3.41. The Balaban J connectivity index is 2.35. The van der Waals surface area contributed by atoms with E-state index in [1.165, 1.54) is 0 Å². The Hall–Kier alpha value is -2.69. The van der Waals surface area contributed by atoms with E-state index >= 15 is 0 Å². The van der Waals surface area contributed by atoms with Crippen molar-refractivity contribution in [1.29, 1.82) is 0 Å². The summed E-state index contributed by atoms with van der Waals surface area (Å²) in [5.41, 5.74) is 2.23. The van der Waals surface area contributed by atoms with Crippen LogP contribution in [0, 0.1) is 0 Å². The quantitative estimate of drug-likeness (QED) is 0.668. The number of nitrogens with zero attached hydrogens (tertiary/aromatic N) is 1. The molecule has 1 heterocycles. The fraction of sp³-hybridized carbons (Fsp3) is 0.350. The third-order valence-electron chi connectivity index (χ3n) is 4.51. The van der Waals surface area contributed by atoms with E-state index in [1.807, 2.05) is 13.8 Å². The molecule has 1 aromatic heterocycles. The summed E-state index contributed by atoms with van der Waals surface area (Å²) in [7, 11) is 0. The van der Waals surface area contributed by atoms with Gasteiger partial charge in [0.15, 0.2) is 5.78 Å². The lowest BCUT2D eigenvalue weighted by Crippen LogP contribution is -2.24. The van der Waals surface area contributed by atoms with Gasteiger partial charge in [0.05, 0.1) is 17.7 Å². The largest absolute Gasteiger partial charge is 0.462 e. The van der Waals surface area contributed by atoms with Crippen molar-refractivity contribution in [3.05, 3.63) is 57.9 Å². The van der Waals surface area contributed by atoms with E-state index in [-0.39, 0.29) is 29.3 Å². The monoisotopic (exact) mass is 339 g/mol. The van der Waals surface area contributed by atoms with Crippen LogP contribution in [0.5, 0.6) is 0 Å². The van der Waals surface area contributed by atoms with Crippen LogP contribution in [0.1, 0.15) is 75.2 Å². The Kier molecular flexibility index (Phi) is 4.57. The average molecular weight is 339 g/mol. The second-order valence-corrected chi connectivity index (χ2v) is 5.96. The summed E-state index contributed by atoms with van der Waals surface area (Å²) in [6.45, 7) is 6.36. The van der Waals surface area contributed by atoms with Crippen LogP contribution in [-0.2, 0) is 17.7 Å². The van der Waals surface area contributed by atoms with E-state index in [0.717, 1.165) is 6.42 Å². The van der Waals surface area contributed by atoms with Gasteiger partial charge in [0.25, 0.3) is 0 Å². The molecule has 1 aliphatic rings. The number of hydrogen-bond acceptors (Lipinski definition) is 4. The molecule has 3 rings (SSSR count). The van der Waals surface area contributed by atoms with Crippen molar-refractivity contribution in [1.82, 2.24) is 4.57 Å². The molecule has 0 atom stereocenters. The van der Waals surface area contributed by atoms with E-state index in [0.29, 0.717) is 35.5 Å². The van der Waals surface area contributed by atoms with Gasteiger partial charge < -0.3 is 9.30 Å². The molecule has 130 valence electrons. The molecule has 1 aromatic carbocycles. The van der Waals surface area contributed by atoms with Crippen LogP contribution < -0.4 is 0 Å². The maximum atomic E-state index is 13.1. The van der Waals surface area contributed by atoms with Gasteiger partial charge in [-0.05, 0) is 20.3 Å². The highest BCUT2D eigenvalue weighted by atomic mass is 16.5. The van der Waals surface area contributed by atoms with Gasteiger partial charge in [-0.15, -0.1) is 0 Å². The lowest BCUT2D eigenvalue weighted by atomic mass is 9.86. The fourth-order valence-corrected chi connectivity index (χ4v) is 3.53. The molecule has 5 heteroatoms. The summed E-state index contributed by atoms with van der Waals surface area (Å²) in [5, 5.41) is 0. The molecule has 0 radical (unpaired) electrons. The number of aromatic nitrogens is 1. The second-order valence-electron chi connectivity index (χ2n) is 5.96. The number of ketones is 2. The van der Waals surface area contributed by atoms with Crippen molar-refractivity contribution in [3.8, 4) is 0 Å². The van der Waals surface area contributed by atoms with Crippen molar-refractivity contribution in [3.63, 3.8) is 0 Å². The predicted molar refractivity (Wildman–Crippen MR) is 93.4 cm³/mol. The molecule has 0 N–H and O–H groups in total. The lowest BCUT2D eigenvalue weighted by Gasteiger charge is -2.17. The molecular formula is C20H21NO4. The Labute approximate surface area is 146 Å². The number of ether oxygens (including phenoxy) is 1. The maximum Gasteiger partial charge on any atom is 0.340 e. The Morgan fingerprint density at radius 2 is 1.68 bits per heavy atom. The Morgan fingerprint density at radius 1 is 1.04 bits per heavy atom. The van der Waals surface area contributed by atoms with Crippen molar-refractivity contribution in [2.45, 2.75) is 40.2 Å². The highest BCUT2D eigenvalue weighted by molar-refractivity contribution is 6.30. The number of hydrogen-bond donors (Lipinski definition) is 0. The molecule has 1 aliphatic carbocycles. The molecule has 0 bridgehead atoms. The first-order valence-electron chi connectivity index (χ1n) is 8.67. The van der Waals surface area contributed by atoms with E-state index in [4.69, 9.17) is 4.74 Å². The van der Waals surface area contributed by atoms with Crippen LogP contribution >= 0.6 is 0 Å². The zero-order valence-electron chi connectivity index (χ0n) is 14.7. The zero-order valence-corrected chi connectivity index (χ0v) is 14.7. The number of carbonyl (C=O) groups excluding carboxylic acids is 3. The average Bonchev–Trinajstić information content (AvgIpc) is 2.95. The smallest absolute Gasteiger partial charge is 0.340 e. The van der Waals surface area contributed by atoms with E-state index < -0.39 is 5.97 Å². The van der Waals surface area contributed by atoms with Gasteiger partial charge in [0.1, 0.15) is 5.69 Å². The molecule has 0 unspecified atom stereocenters. The van der Waals surface area contributed by atoms with Crippen LogP contribution in [-0.4, -0.2) is 28.7 Å². The minimum atomic E-state index is -0.532. The van der Waals surface area contributed by atoms with Crippen molar-refractivity contribution >= 4 is 17.5 Å². The van der Waals surface area contributed by atoms with Gasteiger partial charge in [0, 0.05) is 23.4 Å². The Bertz CT molecular complexity index is 876. The number of fused-ring (bicyclic) bond motifs is 2. The number of carbonyl (C=O) groups is 3. The topological polar surface area (TPSA) is 65.4 Å². The standard InChI is InChI=1S/C20H21NO4/c1-4-9-14-15(20(24)25-6-3)16-17(21(14)5-2)19(23)13-11-8-7-10-12(13)18(16)22/h7-8,10-11H,4-6,9H2,1-3H3. The van der Waals surface area contributed by atoms with Crippen molar-refractivity contribution in [2.24, 2.45) is 0 Å². The van der Waals surface area contributed by atoms with Gasteiger partial charge in [0.2, 0.25) is 5.78 Å².